The Labute approximate surface area is 60.9 Å². The van der Waals surface area contributed by atoms with Gasteiger partial charge in [0, 0.05) is 12.8 Å². The topological polar surface area (TPSA) is 29.6 Å². The first kappa shape index (κ1) is 7.48. The maximum atomic E-state index is 10.9. The predicted molar refractivity (Wildman–Crippen MR) is 38.8 cm³/mol. The molecular weight excluding hydrogens is 128 g/mol. The molecule has 1 aliphatic rings. The van der Waals surface area contributed by atoms with Crippen molar-refractivity contribution >= 4 is 5.78 Å². The Morgan fingerprint density at radius 1 is 1.80 bits per heavy atom. The van der Waals surface area contributed by atoms with Crippen molar-refractivity contribution in [3.63, 3.8) is 0 Å². The average Bonchev–Trinajstić information content (AvgIpc) is 2.67. The van der Waals surface area contributed by atoms with Crippen LogP contribution in [0.1, 0.15) is 19.3 Å². The number of epoxide rings is 1. The monoisotopic (exact) mass is 140 g/mol. The van der Waals surface area contributed by atoms with Crippen molar-refractivity contribution < 1.29 is 9.53 Å². The summed E-state index contributed by atoms with van der Waals surface area (Å²) in [5.74, 6) is 0.294. The van der Waals surface area contributed by atoms with Gasteiger partial charge in [0.2, 0.25) is 0 Å². The Hall–Kier alpha value is -0.630. The van der Waals surface area contributed by atoms with Crippen LogP contribution in [0.4, 0.5) is 0 Å². The zero-order valence-electron chi connectivity index (χ0n) is 6.01. The van der Waals surface area contributed by atoms with Gasteiger partial charge in [-0.3, -0.25) is 4.79 Å². The van der Waals surface area contributed by atoms with E-state index in [4.69, 9.17) is 4.74 Å². The SMILES string of the molecule is C=CCCC(=O)CC1CO1. The third-order valence-corrected chi connectivity index (χ3v) is 1.49. The molecule has 0 saturated carbocycles. The lowest BCUT2D eigenvalue weighted by molar-refractivity contribution is -0.119. The number of hydrogen-bond donors (Lipinski definition) is 0. The molecule has 1 rings (SSSR count). The lowest BCUT2D eigenvalue weighted by Gasteiger charge is -1.92. The molecule has 1 fully saturated rings. The molecule has 0 radical (unpaired) electrons. The van der Waals surface area contributed by atoms with Gasteiger partial charge in [0.05, 0.1) is 12.7 Å². The molecule has 1 unspecified atom stereocenters. The van der Waals surface area contributed by atoms with Crippen LogP contribution in [0, 0.1) is 0 Å². The second kappa shape index (κ2) is 3.52. The van der Waals surface area contributed by atoms with Crippen LogP contribution in [0.3, 0.4) is 0 Å². The molecule has 2 heteroatoms. The number of rotatable bonds is 5. The molecule has 0 amide bonds. The molecule has 1 atom stereocenters. The highest BCUT2D eigenvalue weighted by atomic mass is 16.6. The van der Waals surface area contributed by atoms with E-state index in [1.54, 1.807) is 6.08 Å². The fraction of sp³-hybridized carbons (Fsp3) is 0.625. The molecular formula is C8H12O2. The number of hydrogen-bond acceptors (Lipinski definition) is 2. The van der Waals surface area contributed by atoms with E-state index in [1.165, 1.54) is 0 Å². The van der Waals surface area contributed by atoms with Crippen molar-refractivity contribution in [2.75, 3.05) is 6.61 Å². The minimum absolute atomic E-state index is 0.248. The van der Waals surface area contributed by atoms with Gasteiger partial charge in [0.15, 0.2) is 0 Å². The van der Waals surface area contributed by atoms with E-state index >= 15 is 0 Å². The molecule has 1 heterocycles. The van der Waals surface area contributed by atoms with Crippen molar-refractivity contribution in [3.8, 4) is 0 Å². The summed E-state index contributed by atoms with van der Waals surface area (Å²) in [7, 11) is 0. The van der Waals surface area contributed by atoms with E-state index in [1.807, 2.05) is 0 Å². The number of ketones is 1. The second-order valence-electron chi connectivity index (χ2n) is 2.53. The van der Waals surface area contributed by atoms with E-state index in [0.29, 0.717) is 18.6 Å². The van der Waals surface area contributed by atoms with E-state index in [0.717, 1.165) is 13.0 Å². The first-order valence-corrected chi connectivity index (χ1v) is 3.57. The summed E-state index contributed by atoms with van der Waals surface area (Å²) in [6.07, 6.45) is 4.05. The normalized spacial score (nSPS) is 22.2. The standard InChI is InChI=1S/C8H12O2/c1-2-3-4-7(9)5-8-6-10-8/h2,8H,1,3-6H2. The second-order valence-corrected chi connectivity index (χ2v) is 2.53. The van der Waals surface area contributed by atoms with Crippen molar-refractivity contribution in [2.24, 2.45) is 0 Å². The Bertz CT molecular complexity index is 136. The molecule has 0 aromatic heterocycles. The molecule has 0 bridgehead atoms. The van der Waals surface area contributed by atoms with Crippen molar-refractivity contribution in [1.29, 1.82) is 0 Å². The Kier molecular flexibility index (Phi) is 2.63. The van der Waals surface area contributed by atoms with Gasteiger partial charge in [0.25, 0.3) is 0 Å². The van der Waals surface area contributed by atoms with E-state index in [2.05, 4.69) is 6.58 Å². The summed E-state index contributed by atoms with van der Waals surface area (Å²) in [5, 5.41) is 0. The van der Waals surface area contributed by atoms with Crippen LogP contribution in [0.15, 0.2) is 12.7 Å². The number of carbonyl (C=O) groups excluding carboxylic acids is 1. The quantitative estimate of drug-likeness (QED) is 0.425. The first-order chi connectivity index (χ1) is 4.83. The Morgan fingerprint density at radius 2 is 2.50 bits per heavy atom. The molecule has 2 nitrogen and oxygen atoms in total. The average molecular weight is 140 g/mol. The van der Waals surface area contributed by atoms with Crippen LogP contribution < -0.4 is 0 Å². The van der Waals surface area contributed by atoms with Crippen LogP contribution in [-0.4, -0.2) is 18.5 Å². The van der Waals surface area contributed by atoms with E-state index < -0.39 is 0 Å². The van der Waals surface area contributed by atoms with Gasteiger partial charge in [-0.1, -0.05) is 6.08 Å². The molecule has 1 saturated heterocycles. The number of Topliss-reactive ketones (excluding diaryl/α,β-unsaturated/α-hetero) is 1. The lowest BCUT2D eigenvalue weighted by atomic mass is 10.1. The van der Waals surface area contributed by atoms with Gasteiger partial charge < -0.3 is 4.74 Å². The van der Waals surface area contributed by atoms with Crippen molar-refractivity contribution in [1.82, 2.24) is 0 Å². The third kappa shape index (κ3) is 2.78. The highest BCUT2D eigenvalue weighted by Gasteiger charge is 2.24. The summed E-state index contributed by atoms with van der Waals surface area (Å²) in [6.45, 7) is 4.32. The van der Waals surface area contributed by atoms with Gasteiger partial charge in [-0.15, -0.1) is 6.58 Å². The van der Waals surface area contributed by atoms with Crippen LogP contribution in [-0.2, 0) is 9.53 Å². The lowest BCUT2D eigenvalue weighted by Crippen LogP contribution is -2.00. The zero-order chi connectivity index (χ0) is 7.40. The van der Waals surface area contributed by atoms with E-state index in [9.17, 15) is 4.79 Å². The number of carbonyl (C=O) groups is 1. The van der Waals surface area contributed by atoms with Gasteiger partial charge >= 0.3 is 0 Å². The summed E-state index contributed by atoms with van der Waals surface area (Å²) in [6, 6.07) is 0. The van der Waals surface area contributed by atoms with Gasteiger partial charge in [-0.05, 0) is 6.42 Å². The van der Waals surface area contributed by atoms with Gasteiger partial charge in [0.1, 0.15) is 5.78 Å². The van der Waals surface area contributed by atoms with Gasteiger partial charge in [-0.2, -0.15) is 0 Å². The maximum absolute atomic E-state index is 10.9. The molecule has 0 aromatic rings. The molecule has 0 spiro atoms. The minimum Gasteiger partial charge on any atom is -0.373 e. The molecule has 0 aliphatic carbocycles. The minimum atomic E-state index is 0.248. The smallest absolute Gasteiger partial charge is 0.135 e. The van der Waals surface area contributed by atoms with E-state index in [-0.39, 0.29) is 6.10 Å². The first-order valence-electron chi connectivity index (χ1n) is 3.57. The van der Waals surface area contributed by atoms with Crippen molar-refractivity contribution in [3.05, 3.63) is 12.7 Å². The largest absolute Gasteiger partial charge is 0.373 e. The summed E-state index contributed by atoms with van der Waals surface area (Å²) < 4.78 is 4.91. The molecule has 0 aromatic carbocycles. The summed E-state index contributed by atoms with van der Waals surface area (Å²) in [5.41, 5.74) is 0. The molecule has 0 N–H and O–H groups in total. The predicted octanol–water partition coefficient (Wildman–Crippen LogP) is 1.31. The summed E-state index contributed by atoms with van der Waals surface area (Å²) >= 11 is 0. The van der Waals surface area contributed by atoms with Crippen molar-refractivity contribution in [2.45, 2.75) is 25.4 Å². The number of ether oxygens (including phenoxy) is 1. The van der Waals surface area contributed by atoms with Crippen LogP contribution in [0.2, 0.25) is 0 Å². The molecule has 1 aliphatic heterocycles. The van der Waals surface area contributed by atoms with Crippen LogP contribution in [0.5, 0.6) is 0 Å². The number of allylic oxidation sites excluding steroid dienone is 1. The molecule has 56 valence electrons. The Morgan fingerprint density at radius 3 is 3.00 bits per heavy atom. The Balaban J connectivity index is 2.02. The van der Waals surface area contributed by atoms with Gasteiger partial charge in [-0.25, -0.2) is 0 Å². The van der Waals surface area contributed by atoms with Crippen LogP contribution in [0.25, 0.3) is 0 Å². The summed E-state index contributed by atoms with van der Waals surface area (Å²) in [4.78, 5) is 10.9. The zero-order valence-corrected chi connectivity index (χ0v) is 6.01. The van der Waals surface area contributed by atoms with Crippen LogP contribution >= 0.6 is 0 Å². The highest BCUT2D eigenvalue weighted by molar-refractivity contribution is 5.79. The third-order valence-electron chi connectivity index (χ3n) is 1.49. The maximum Gasteiger partial charge on any atom is 0.135 e. The fourth-order valence-corrected chi connectivity index (χ4v) is 0.805. The fourth-order valence-electron chi connectivity index (χ4n) is 0.805. The molecule has 10 heavy (non-hydrogen) atoms. The highest BCUT2D eigenvalue weighted by Crippen LogP contribution is 2.14.